The zero-order chi connectivity index (χ0) is 25.9. The van der Waals surface area contributed by atoms with E-state index >= 15 is 0 Å². The number of benzene rings is 3. The first-order valence-corrected chi connectivity index (χ1v) is 12.4. The second kappa shape index (κ2) is 10.4. The molecule has 4 rings (SSSR count). The highest BCUT2D eigenvalue weighted by Gasteiger charge is 2.16. The van der Waals surface area contributed by atoms with Crippen molar-refractivity contribution in [2.24, 2.45) is 0 Å². The number of rotatable bonds is 7. The maximum Gasteiger partial charge on any atom is 0.295 e. The topological polar surface area (TPSA) is 169 Å². The normalized spacial score (nSPS) is 11.5. The number of hydrogen-bond acceptors (Lipinski definition) is 9. The molecule has 0 radical (unpaired) electrons. The Labute approximate surface area is 216 Å². The Kier molecular flexibility index (Phi) is 7.27. The third kappa shape index (κ3) is 6.61. The van der Waals surface area contributed by atoms with Crippen molar-refractivity contribution in [3.63, 3.8) is 0 Å². The van der Waals surface area contributed by atoms with Gasteiger partial charge < -0.3 is 22.1 Å². The Morgan fingerprint density at radius 2 is 1.53 bits per heavy atom. The molecule has 36 heavy (non-hydrogen) atoms. The van der Waals surface area contributed by atoms with Crippen molar-refractivity contribution in [3.8, 4) is 0 Å². The SMILES string of the molecule is Nc1cc(Cl)cc(Nc2ccc(C=Cc3ccc(Nc4nc(N)nc(Cl)n4)cc3S(=O)(=O)O)cc2)c1. The lowest BCUT2D eigenvalue weighted by Crippen LogP contribution is -2.05. The van der Waals surface area contributed by atoms with E-state index in [0.29, 0.717) is 16.4 Å². The van der Waals surface area contributed by atoms with Gasteiger partial charge in [0.2, 0.25) is 17.2 Å². The lowest BCUT2D eigenvalue weighted by molar-refractivity contribution is 0.483. The summed E-state index contributed by atoms with van der Waals surface area (Å²) in [7, 11) is -4.54. The number of hydrogen-bond donors (Lipinski definition) is 5. The predicted molar refractivity (Wildman–Crippen MR) is 143 cm³/mol. The molecule has 0 fully saturated rings. The molecule has 0 atom stereocenters. The smallest absolute Gasteiger partial charge is 0.295 e. The minimum absolute atomic E-state index is 0.0197. The van der Waals surface area contributed by atoms with E-state index in [2.05, 4.69) is 25.6 Å². The molecule has 7 N–H and O–H groups in total. The zero-order valence-electron chi connectivity index (χ0n) is 18.4. The van der Waals surface area contributed by atoms with Crippen LogP contribution in [0.2, 0.25) is 10.3 Å². The van der Waals surface area contributed by atoms with Gasteiger partial charge in [0.15, 0.2) is 0 Å². The summed E-state index contributed by atoms with van der Waals surface area (Å²) in [5.74, 6) is -0.0868. The summed E-state index contributed by atoms with van der Waals surface area (Å²) in [6.45, 7) is 0. The average Bonchev–Trinajstić information content (AvgIpc) is 2.77. The van der Waals surface area contributed by atoms with Crippen molar-refractivity contribution in [1.29, 1.82) is 0 Å². The number of aromatic nitrogens is 3. The van der Waals surface area contributed by atoms with Gasteiger partial charge in [0, 0.05) is 27.8 Å². The third-order valence-corrected chi connectivity index (χ3v) is 6.04. The van der Waals surface area contributed by atoms with Crippen LogP contribution >= 0.6 is 23.2 Å². The molecule has 0 aliphatic rings. The van der Waals surface area contributed by atoms with Crippen LogP contribution in [-0.2, 0) is 10.1 Å². The van der Waals surface area contributed by atoms with E-state index in [1.165, 1.54) is 12.1 Å². The summed E-state index contributed by atoms with van der Waals surface area (Å²) in [6, 6.07) is 16.9. The fourth-order valence-corrected chi connectivity index (χ4v) is 4.36. The lowest BCUT2D eigenvalue weighted by atomic mass is 10.1. The monoisotopic (exact) mass is 543 g/mol. The summed E-state index contributed by atoms with van der Waals surface area (Å²) < 4.78 is 33.8. The van der Waals surface area contributed by atoms with Crippen molar-refractivity contribution in [2.75, 3.05) is 22.1 Å². The van der Waals surface area contributed by atoms with E-state index in [9.17, 15) is 13.0 Å². The highest BCUT2D eigenvalue weighted by atomic mass is 35.5. The molecule has 4 aromatic rings. The first-order chi connectivity index (χ1) is 17.0. The summed E-state index contributed by atoms with van der Waals surface area (Å²) in [5.41, 5.74) is 14.8. The van der Waals surface area contributed by atoms with Gasteiger partial charge in [-0.15, -0.1) is 0 Å². The van der Waals surface area contributed by atoms with Gasteiger partial charge in [-0.3, -0.25) is 4.55 Å². The second-order valence-electron chi connectivity index (χ2n) is 7.49. The van der Waals surface area contributed by atoms with Crippen molar-refractivity contribution in [3.05, 3.63) is 82.1 Å². The van der Waals surface area contributed by atoms with Crippen LogP contribution in [0.4, 0.5) is 34.6 Å². The summed E-state index contributed by atoms with van der Waals surface area (Å²) in [4.78, 5) is 11.1. The Hall–Kier alpha value is -3.90. The maximum atomic E-state index is 12.0. The molecule has 1 aromatic heterocycles. The molecule has 0 amide bonds. The molecule has 0 aliphatic carbocycles. The van der Waals surface area contributed by atoms with Crippen LogP contribution in [-0.4, -0.2) is 27.9 Å². The largest absolute Gasteiger partial charge is 0.399 e. The predicted octanol–water partition coefficient (Wildman–Crippen LogP) is 5.25. The minimum atomic E-state index is -4.54. The molecular formula is C23H19Cl2N7O3S. The number of nitrogens with zero attached hydrogens (tertiary/aromatic N) is 3. The molecule has 10 nitrogen and oxygen atoms in total. The Bertz CT molecular complexity index is 1520. The van der Waals surface area contributed by atoms with Crippen LogP contribution in [0.15, 0.2) is 65.6 Å². The van der Waals surface area contributed by atoms with E-state index in [1.807, 2.05) is 24.3 Å². The van der Waals surface area contributed by atoms with Crippen molar-refractivity contribution < 1.29 is 13.0 Å². The molecule has 184 valence electrons. The van der Waals surface area contributed by atoms with Crippen molar-refractivity contribution in [2.45, 2.75) is 4.90 Å². The number of nitrogen functional groups attached to an aromatic ring is 2. The zero-order valence-corrected chi connectivity index (χ0v) is 20.7. The number of halogens is 2. The van der Waals surface area contributed by atoms with Crippen LogP contribution in [0.3, 0.4) is 0 Å². The first kappa shape index (κ1) is 25.2. The number of nitrogens with one attached hydrogen (secondary N) is 2. The van der Waals surface area contributed by atoms with Gasteiger partial charge in [0.25, 0.3) is 10.1 Å². The van der Waals surface area contributed by atoms with Gasteiger partial charge >= 0.3 is 0 Å². The summed E-state index contributed by atoms with van der Waals surface area (Å²) in [6.07, 6.45) is 3.29. The maximum absolute atomic E-state index is 12.0. The first-order valence-electron chi connectivity index (χ1n) is 10.2. The summed E-state index contributed by atoms with van der Waals surface area (Å²) >= 11 is 11.8. The lowest BCUT2D eigenvalue weighted by Gasteiger charge is -2.09. The van der Waals surface area contributed by atoms with Crippen molar-refractivity contribution >= 4 is 80.1 Å². The Morgan fingerprint density at radius 1 is 0.806 bits per heavy atom. The van der Waals surface area contributed by atoms with E-state index in [0.717, 1.165) is 16.9 Å². The molecule has 0 unspecified atom stereocenters. The van der Waals surface area contributed by atoms with Crippen LogP contribution < -0.4 is 22.1 Å². The van der Waals surface area contributed by atoms with E-state index < -0.39 is 10.1 Å². The quantitative estimate of drug-likeness (QED) is 0.118. The average molecular weight is 544 g/mol. The minimum Gasteiger partial charge on any atom is -0.399 e. The molecular weight excluding hydrogens is 525 g/mol. The van der Waals surface area contributed by atoms with E-state index in [4.69, 9.17) is 34.7 Å². The second-order valence-corrected chi connectivity index (χ2v) is 9.66. The Morgan fingerprint density at radius 3 is 2.19 bits per heavy atom. The molecule has 1 heterocycles. The molecule has 0 spiro atoms. The number of anilines is 6. The fourth-order valence-electron chi connectivity index (χ4n) is 3.24. The van der Waals surface area contributed by atoms with Gasteiger partial charge in [0.05, 0.1) is 0 Å². The van der Waals surface area contributed by atoms with Crippen LogP contribution in [0.1, 0.15) is 11.1 Å². The van der Waals surface area contributed by atoms with Crippen molar-refractivity contribution in [1.82, 2.24) is 15.0 Å². The van der Waals surface area contributed by atoms with Gasteiger partial charge in [-0.1, -0.05) is 42.0 Å². The Balaban J connectivity index is 1.54. The third-order valence-electron chi connectivity index (χ3n) is 4.75. The molecule has 0 saturated heterocycles. The van der Waals surface area contributed by atoms with Gasteiger partial charge in [0.1, 0.15) is 4.90 Å². The summed E-state index contributed by atoms with van der Waals surface area (Å²) in [5, 5.41) is 6.39. The van der Waals surface area contributed by atoms with Crippen LogP contribution in [0.25, 0.3) is 12.2 Å². The van der Waals surface area contributed by atoms with Gasteiger partial charge in [-0.05, 0) is 65.2 Å². The standard InChI is InChI=1S/C23H19Cl2N7O3S/c24-15-9-16(26)11-19(10-15)28-17-6-2-13(3-7-17)1-4-14-5-8-18(12-20(14)36(33,34)35)29-23-31-21(25)30-22(27)32-23/h1-12,28H,26H2,(H,33,34,35)(H3,27,29,30,31,32). The highest BCUT2D eigenvalue weighted by Crippen LogP contribution is 2.26. The fraction of sp³-hybridized carbons (Fsp3) is 0. The molecule has 0 saturated carbocycles. The molecule has 0 bridgehead atoms. The van der Waals surface area contributed by atoms with E-state index in [-0.39, 0.29) is 27.6 Å². The van der Waals surface area contributed by atoms with Crippen LogP contribution in [0, 0.1) is 0 Å². The highest BCUT2D eigenvalue weighted by molar-refractivity contribution is 7.86. The van der Waals surface area contributed by atoms with Gasteiger partial charge in [-0.25, -0.2) is 0 Å². The molecule has 0 aliphatic heterocycles. The van der Waals surface area contributed by atoms with E-state index in [1.54, 1.807) is 36.4 Å². The van der Waals surface area contributed by atoms with Gasteiger partial charge in [-0.2, -0.15) is 23.4 Å². The number of nitrogens with two attached hydrogens (primary N) is 2. The molecule has 13 heteroatoms. The van der Waals surface area contributed by atoms with Crippen LogP contribution in [0.5, 0.6) is 0 Å². The molecule has 3 aromatic carbocycles.